The number of amides is 1. The van der Waals surface area contributed by atoms with E-state index in [0.29, 0.717) is 12.1 Å². The molecule has 0 spiro atoms. The fraction of sp³-hybridized carbons (Fsp3) is 0.316. The van der Waals surface area contributed by atoms with Crippen LogP contribution in [0.1, 0.15) is 40.0 Å². The molecule has 5 heteroatoms. The van der Waals surface area contributed by atoms with Crippen molar-refractivity contribution in [3.05, 3.63) is 59.4 Å². The van der Waals surface area contributed by atoms with Gasteiger partial charge in [-0.25, -0.2) is 9.97 Å². The Kier molecular flexibility index (Phi) is 3.56. The summed E-state index contributed by atoms with van der Waals surface area (Å²) in [5, 5.41) is 0.969. The SMILES string of the molecule is Cc1ccnc(C2CCN(C(=O)c3ccc4oc(C)cc4c3)C2)n1. The Balaban J connectivity index is 1.54. The van der Waals surface area contributed by atoms with Crippen molar-refractivity contribution >= 4 is 16.9 Å². The molecule has 0 aliphatic carbocycles. The first-order valence-electron chi connectivity index (χ1n) is 8.19. The van der Waals surface area contributed by atoms with Crippen molar-refractivity contribution in [2.24, 2.45) is 0 Å². The summed E-state index contributed by atoms with van der Waals surface area (Å²) in [5.74, 6) is 1.97. The van der Waals surface area contributed by atoms with Gasteiger partial charge in [0.2, 0.25) is 0 Å². The molecule has 1 saturated heterocycles. The Bertz CT molecular complexity index is 916. The topological polar surface area (TPSA) is 59.2 Å². The smallest absolute Gasteiger partial charge is 0.253 e. The van der Waals surface area contributed by atoms with E-state index in [1.54, 1.807) is 6.20 Å². The number of fused-ring (bicyclic) bond motifs is 1. The first-order chi connectivity index (χ1) is 11.6. The fourth-order valence-corrected chi connectivity index (χ4v) is 3.31. The lowest BCUT2D eigenvalue weighted by Crippen LogP contribution is -2.28. The molecule has 1 aliphatic heterocycles. The third-order valence-corrected chi connectivity index (χ3v) is 4.54. The molecule has 0 N–H and O–H groups in total. The van der Waals surface area contributed by atoms with Crippen molar-refractivity contribution in [2.75, 3.05) is 13.1 Å². The number of aromatic nitrogens is 2. The van der Waals surface area contributed by atoms with E-state index in [9.17, 15) is 4.79 Å². The monoisotopic (exact) mass is 321 g/mol. The highest BCUT2D eigenvalue weighted by atomic mass is 16.3. The van der Waals surface area contributed by atoms with Crippen LogP contribution in [0.5, 0.6) is 0 Å². The molecule has 1 fully saturated rings. The molecular weight excluding hydrogens is 302 g/mol. The van der Waals surface area contributed by atoms with Gasteiger partial charge < -0.3 is 9.32 Å². The number of aryl methyl sites for hydroxylation is 2. The quantitative estimate of drug-likeness (QED) is 0.725. The molecule has 4 rings (SSSR count). The number of furan rings is 1. The van der Waals surface area contributed by atoms with E-state index in [2.05, 4.69) is 9.97 Å². The number of carbonyl (C=O) groups is 1. The highest BCUT2D eigenvalue weighted by Gasteiger charge is 2.29. The van der Waals surface area contributed by atoms with E-state index in [-0.39, 0.29) is 11.8 Å². The Morgan fingerprint density at radius 2 is 2.12 bits per heavy atom. The lowest BCUT2D eigenvalue weighted by atomic mass is 10.1. The fourth-order valence-electron chi connectivity index (χ4n) is 3.31. The molecule has 1 aromatic carbocycles. The Morgan fingerprint density at radius 3 is 2.96 bits per heavy atom. The van der Waals surface area contributed by atoms with Crippen LogP contribution in [0.3, 0.4) is 0 Å². The Labute approximate surface area is 140 Å². The van der Waals surface area contributed by atoms with Crippen LogP contribution in [0.2, 0.25) is 0 Å². The minimum Gasteiger partial charge on any atom is -0.461 e. The van der Waals surface area contributed by atoms with Crippen LogP contribution < -0.4 is 0 Å². The zero-order chi connectivity index (χ0) is 16.7. The molecule has 1 unspecified atom stereocenters. The molecule has 3 heterocycles. The van der Waals surface area contributed by atoms with Gasteiger partial charge in [0.25, 0.3) is 5.91 Å². The van der Waals surface area contributed by atoms with Gasteiger partial charge in [0, 0.05) is 41.8 Å². The molecule has 122 valence electrons. The van der Waals surface area contributed by atoms with E-state index >= 15 is 0 Å². The third kappa shape index (κ3) is 2.66. The van der Waals surface area contributed by atoms with Gasteiger partial charge in [-0.3, -0.25) is 4.79 Å². The molecule has 0 bridgehead atoms. The van der Waals surface area contributed by atoms with Crippen LogP contribution in [-0.4, -0.2) is 33.9 Å². The highest BCUT2D eigenvalue weighted by molar-refractivity contribution is 5.98. The maximum absolute atomic E-state index is 12.8. The van der Waals surface area contributed by atoms with Gasteiger partial charge in [0.1, 0.15) is 17.2 Å². The number of hydrogen-bond acceptors (Lipinski definition) is 4. The number of carbonyl (C=O) groups excluding carboxylic acids is 1. The Hall–Kier alpha value is -2.69. The molecular formula is C19H19N3O2. The van der Waals surface area contributed by atoms with Crippen LogP contribution in [0.15, 0.2) is 40.9 Å². The van der Waals surface area contributed by atoms with Gasteiger partial charge in [-0.2, -0.15) is 0 Å². The second-order valence-corrected chi connectivity index (χ2v) is 6.40. The van der Waals surface area contributed by atoms with Crippen molar-refractivity contribution in [3.63, 3.8) is 0 Å². The minimum atomic E-state index is 0.0610. The number of benzene rings is 1. The minimum absolute atomic E-state index is 0.0610. The largest absolute Gasteiger partial charge is 0.461 e. The van der Waals surface area contributed by atoms with E-state index in [1.807, 2.05) is 49.1 Å². The van der Waals surface area contributed by atoms with Gasteiger partial charge in [0.05, 0.1) is 0 Å². The average Bonchev–Trinajstić information content (AvgIpc) is 3.19. The average molecular weight is 321 g/mol. The van der Waals surface area contributed by atoms with E-state index in [0.717, 1.165) is 41.2 Å². The van der Waals surface area contributed by atoms with Crippen LogP contribution in [0.4, 0.5) is 0 Å². The van der Waals surface area contributed by atoms with Gasteiger partial charge in [-0.15, -0.1) is 0 Å². The number of rotatable bonds is 2. The maximum atomic E-state index is 12.8. The summed E-state index contributed by atoms with van der Waals surface area (Å²) in [6, 6.07) is 9.46. The van der Waals surface area contributed by atoms with Gasteiger partial charge in [-0.1, -0.05) is 0 Å². The van der Waals surface area contributed by atoms with Crippen LogP contribution in [0.25, 0.3) is 11.0 Å². The van der Waals surface area contributed by atoms with E-state index in [4.69, 9.17) is 4.42 Å². The lowest BCUT2D eigenvalue weighted by Gasteiger charge is -2.16. The third-order valence-electron chi connectivity index (χ3n) is 4.54. The molecule has 0 radical (unpaired) electrons. The highest BCUT2D eigenvalue weighted by Crippen LogP contribution is 2.27. The van der Waals surface area contributed by atoms with Gasteiger partial charge in [0.15, 0.2) is 0 Å². The van der Waals surface area contributed by atoms with E-state index in [1.165, 1.54) is 0 Å². The zero-order valence-electron chi connectivity index (χ0n) is 13.8. The van der Waals surface area contributed by atoms with Crippen molar-refractivity contribution in [2.45, 2.75) is 26.2 Å². The summed E-state index contributed by atoms with van der Waals surface area (Å²) in [7, 11) is 0. The zero-order valence-corrected chi connectivity index (χ0v) is 13.8. The van der Waals surface area contributed by atoms with Crippen LogP contribution in [-0.2, 0) is 0 Å². The van der Waals surface area contributed by atoms with Crippen molar-refractivity contribution in [3.8, 4) is 0 Å². The first kappa shape index (κ1) is 14.9. The summed E-state index contributed by atoms with van der Waals surface area (Å²) in [4.78, 5) is 23.6. The van der Waals surface area contributed by atoms with Crippen LogP contribution >= 0.6 is 0 Å². The number of nitrogens with zero attached hydrogens (tertiary/aromatic N) is 3. The first-order valence-corrected chi connectivity index (χ1v) is 8.19. The molecule has 24 heavy (non-hydrogen) atoms. The number of hydrogen-bond donors (Lipinski definition) is 0. The van der Waals surface area contributed by atoms with Crippen molar-refractivity contribution < 1.29 is 9.21 Å². The summed E-state index contributed by atoms with van der Waals surface area (Å²) >= 11 is 0. The van der Waals surface area contributed by atoms with Crippen molar-refractivity contribution in [1.29, 1.82) is 0 Å². The molecule has 1 aliphatic rings. The summed E-state index contributed by atoms with van der Waals surface area (Å²) in [6.45, 7) is 5.29. The number of likely N-dealkylation sites (tertiary alicyclic amines) is 1. The molecule has 0 saturated carbocycles. The predicted molar refractivity (Wildman–Crippen MR) is 91.0 cm³/mol. The second-order valence-electron chi connectivity index (χ2n) is 6.40. The molecule has 1 amide bonds. The summed E-state index contributed by atoms with van der Waals surface area (Å²) in [6.07, 6.45) is 2.69. The predicted octanol–water partition coefficient (Wildman–Crippen LogP) is 3.47. The normalized spacial score (nSPS) is 17.6. The summed E-state index contributed by atoms with van der Waals surface area (Å²) < 4.78 is 5.57. The second kappa shape index (κ2) is 5.74. The van der Waals surface area contributed by atoms with Gasteiger partial charge >= 0.3 is 0 Å². The summed E-state index contributed by atoms with van der Waals surface area (Å²) in [5.41, 5.74) is 2.48. The molecule has 5 nitrogen and oxygen atoms in total. The van der Waals surface area contributed by atoms with Gasteiger partial charge in [-0.05, 0) is 50.6 Å². The lowest BCUT2D eigenvalue weighted by molar-refractivity contribution is 0.0790. The maximum Gasteiger partial charge on any atom is 0.253 e. The van der Waals surface area contributed by atoms with Crippen LogP contribution in [0, 0.1) is 13.8 Å². The molecule has 2 aromatic heterocycles. The molecule has 1 atom stereocenters. The Morgan fingerprint density at radius 1 is 1.25 bits per heavy atom. The van der Waals surface area contributed by atoms with E-state index < -0.39 is 0 Å². The van der Waals surface area contributed by atoms with Crippen molar-refractivity contribution in [1.82, 2.24) is 14.9 Å². The molecule has 3 aromatic rings. The standard InChI is InChI=1S/C19H19N3O2/c1-12-5-7-20-18(21-12)15-6-8-22(11-15)19(23)14-3-4-17-16(10-14)9-13(2)24-17/h3-5,7,9-10,15H,6,8,11H2,1-2H3.